The third-order valence-corrected chi connectivity index (χ3v) is 1.48. The number of rotatable bonds is 1. The average Bonchev–Trinajstić information content (AvgIpc) is 2.03. The van der Waals surface area contributed by atoms with Gasteiger partial charge in [-0.2, -0.15) is 0 Å². The monoisotopic (exact) mass is 170 g/mol. The maximum absolute atomic E-state index is 10.9. The van der Waals surface area contributed by atoms with Crippen molar-refractivity contribution in [1.29, 1.82) is 0 Å². The summed E-state index contributed by atoms with van der Waals surface area (Å²) in [6.45, 7) is 0. The van der Waals surface area contributed by atoms with Crippen molar-refractivity contribution in [3.8, 4) is 0 Å². The topological polar surface area (TPSA) is 26.3 Å². The molecule has 0 amide bonds. The summed E-state index contributed by atoms with van der Waals surface area (Å²) in [5.74, 6) is -0.368. The number of halogens is 1. The van der Waals surface area contributed by atoms with E-state index in [1.807, 2.05) is 0 Å². The lowest BCUT2D eigenvalue weighted by Crippen LogP contribution is -1.99. The molecule has 0 fully saturated rings. The lowest BCUT2D eigenvalue weighted by Gasteiger charge is -1.97. The molecule has 3 heteroatoms. The normalized spacial score (nSPS) is 9.27. The Kier molecular flexibility index (Phi) is 2.49. The summed E-state index contributed by atoms with van der Waals surface area (Å²) in [5.41, 5.74) is 0.472. The zero-order valence-electron chi connectivity index (χ0n) is 6.00. The van der Waals surface area contributed by atoms with E-state index < -0.39 is 0 Å². The van der Waals surface area contributed by atoms with E-state index in [0.717, 1.165) is 0 Å². The van der Waals surface area contributed by atoms with E-state index in [1.165, 1.54) is 7.11 Å². The van der Waals surface area contributed by atoms with Crippen LogP contribution in [0.3, 0.4) is 0 Å². The first-order chi connectivity index (χ1) is 5.24. The molecule has 0 aromatic heterocycles. The number of methoxy groups -OCH3 is 1. The molecule has 1 rings (SSSR count). The minimum absolute atomic E-state index is 0.368. The molecule has 0 radical (unpaired) electrons. The van der Waals surface area contributed by atoms with E-state index in [2.05, 4.69) is 4.74 Å². The van der Waals surface area contributed by atoms with Crippen LogP contribution in [0, 0.1) is 0 Å². The van der Waals surface area contributed by atoms with Gasteiger partial charge in [0.25, 0.3) is 0 Å². The van der Waals surface area contributed by atoms with Crippen LogP contribution >= 0.6 is 11.6 Å². The van der Waals surface area contributed by atoms with Crippen LogP contribution in [0.2, 0.25) is 5.02 Å². The van der Waals surface area contributed by atoms with Crippen molar-refractivity contribution >= 4 is 17.6 Å². The van der Waals surface area contributed by atoms with Crippen LogP contribution in [0.5, 0.6) is 0 Å². The van der Waals surface area contributed by atoms with Crippen LogP contribution in [0.15, 0.2) is 24.3 Å². The fourth-order valence-corrected chi connectivity index (χ4v) is 0.924. The molecule has 0 spiro atoms. The number of benzene rings is 1. The minimum atomic E-state index is -0.368. The van der Waals surface area contributed by atoms with Crippen molar-refractivity contribution in [2.24, 2.45) is 0 Å². The van der Waals surface area contributed by atoms with Crippen molar-refractivity contribution in [2.45, 2.75) is 0 Å². The van der Waals surface area contributed by atoms with Crippen molar-refractivity contribution in [3.05, 3.63) is 34.9 Å². The highest BCUT2D eigenvalue weighted by molar-refractivity contribution is 6.30. The Morgan fingerprint density at radius 2 is 2.27 bits per heavy atom. The first-order valence-corrected chi connectivity index (χ1v) is 3.45. The van der Waals surface area contributed by atoms with E-state index in [4.69, 9.17) is 11.6 Å². The lowest BCUT2D eigenvalue weighted by molar-refractivity contribution is 0.0601. The Hall–Kier alpha value is -1.02. The van der Waals surface area contributed by atoms with Gasteiger partial charge >= 0.3 is 5.97 Å². The molecule has 0 bridgehead atoms. The minimum Gasteiger partial charge on any atom is -0.465 e. The predicted octanol–water partition coefficient (Wildman–Crippen LogP) is 2.13. The van der Waals surface area contributed by atoms with Crippen molar-refractivity contribution in [2.75, 3.05) is 7.11 Å². The Balaban J connectivity index is 2.96. The third kappa shape index (κ3) is 1.95. The fourth-order valence-electron chi connectivity index (χ4n) is 0.733. The second kappa shape index (κ2) is 3.39. The van der Waals surface area contributed by atoms with Gasteiger partial charge in [0.2, 0.25) is 0 Å². The van der Waals surface area contributed by atoms with Crippen LogP contribution in [0.4, 0.5) is 0 Å². The van der Waals surface area contributed by atoms with E-state index >= 15 is 0 Å². The zero-order chi connectivity index (χ0) is 8.27. The molecule has 0 unspecified atom stereocenters. The van der Waals surface area contributed by atoms with E-state index in [0.29, 0.717) is 10.6 Å². The van der Waals surface area contributed by atoms with Gasteiger partial charge in [-0.05, 0) is 18.2 Å². The molecular weight excluding hydrogens is 164 g/mol. The smallest absolute Gasteiger partial charge is 0.337 e. The fraction of sp³-hybridized carbons (Fsp3) is 0.125. The predicted molar refractivity (Wildman–Crippen MR) is 42.8 cm³/mol. The van der Waals surface area contributed by atoms with Gasteiger partial charge in [0, 0.05) is 5.02 Å². The number of hydrogen-bond acceptors (Lipinski definition) is 2. The summed E-state index contributed by atoms with van der Waals surface area (Å²) in [6, 6.07) is 6.62. The molecule has 1 aromatic carbocycles. The van der Waals surface area contributed by atoms with Gasteiger partial charge in [-0.25, -0.2) is 4.79 Å². The molecule has 0 atom stereocenters. The van der Waals surface area contributed by atoms with Gasteiger partial charge < -0.3 is 4.74 Å². The highest BCUT2D eigenvalue weighted by atomic mass is 35.5. The van der Waals surface area contributed by atoms with Gasteiger partial charge in [-0.15, -0.1) is 0 Å². The molecule has 0 aliphatic heterocycles. The summed E-state index contributed by atoms with van der Waals surface area (Å²) >= 11 is 5.64. The molecule has 0 saturated carbocycles. The molecule has 0 heterocycles. The van der Waals surface area contributed by atoms with Crippen molar-refractivity contribution < 1.29 is 9.53 Å². The van der Waals surface area contributed by atoms with Crippen LogP contribution in [0.1, 0.15) is 10.4 Å². The number of carbonyl (C=O) groups excluding carboxylic acids is 1. The molecule has 0 aliphatic rings. The highest BCUT2D eigenvalue weighted by Crippen LogP contribution is 2.10. The van der Waals surface area contributed by atoms with Gasteiger partial charge in [0.15, 0.2) is 0 Å². The average molecular weight is 171 g/mol. The zero-order valence-corrected chi connectivity index (χ0v) is 6.76. The molecule has 2 nitrogen and oxygen atoms in total. The molecule has 1 aromatic rings. The molecule has 0 aliphatic carbocycles. The van der Waals surface area contributed by atoms with Crippen molar-refractivity contribution in [3.63, 3.8) is 0 Å². The number of ether oxygens (including phenoxy) is 1. The summed E-state index contributed by atoms with van der Waals surface area (Å²) in [7, 11) is 1.34. The van der Waals surface area contributed by atoms with E-state index in [9.17, 15) is 4.79 Å². The van der Waals surface area contributed by atoms with Gasteiger partial charge in [-0.3, -0.25) is 0 Å². The molecule has 0 saturated heterocycles. The van der Waals surface area contributed by atoms with Crippen molar-refractivity contribution in [1.82, 2.24) is 0 Å². The molecule has 0 N–H and O–H groups in total. The van der Waals surface area contributed by atoms with Crippen LogP contribution in [-0.4, -0.2) is 13.1 Å². The molecular formula is C8H7ClO2. The second-order valence-corrected chi connectivity index (χ2v) is 2.44. The first kappa shape index (κ1) is 8.08. The maximum atomic E-state index is 10.9. The van der Waals surface area contributed by atoms with Gasteiger partial charge in [0.05, 0.1) is 12.7 Å². The Morgan fingerprint density at radius 3 is 2.82 bits per heavy atom. The third-order valence-electron chi connectivity index (χ3n) is 1.25. The second-order valence-electron chi connectivity index (χ2n) is 2.00. The SMILES string of the molecule is COC(=O)c1cccc(Cl)c1. The van der Waals surface area contributed by atoms with E-state index in [1.54, 1.807) is 24.3 Å². The summed E-state index contributed by atoms with van der Waals surface area (Å²) in [4.78, 5) is 10.9. The highest BCUT2D eigenvalue weighted by Gasteiger charge is 2.03. The summed E-state index contributed by atoms with van der Waals surface area (Å²) < 4.78 is 4.49. The summed E-state index contributed by atoms with van der Waals surface area (Å²) in [5, 5.41) is 0.535. The van der Waals surface area contributed by atoms with Crippen LogP contribution < -0.4 is 0 Å². The Labute approximate surface area is 69.7 Å². The number of carbonyl (C=O) groups is 1. The van der Waals surface area contributed by atoms with Gasteiger partial charge in [-0.1, -0.05) is 17.7 Å². The largest absolute Gasteiger partial charge is 0.465 e. The summed E-state index contributed by atoms with van der Waals surface area (Å²) in [6.07, 6.45) is 0. The Bertz CT molecular complexity index is 271. The Morgan fingerprint density at radius 1 is 1.55 bits per heavy atom. The standard InChI is InChI=1S/C8H7ClO2/c1-11-8(10)6-3-2-4-7(9)5-6/h2-5H,1H3. The number of hydrogen-bond donors (Lipinski definition) is 0. The lowest BCUT2D eigenvalue weighted by atomic mass is 10.2. The molecule has 58 valence electrons. The first-order valence-electron chi connectivity index (χ1n) is 3.08. The maximum Gasteiger partial charge on any atom is 0.337 e. The van der Waals surface area contributed by atoms with Crippen LogP contribution in [0.25, 0.3) is 0 Å². The van der Waals surface area contributed by atoms with Crippen LogP contribution in [-0.2, 0) is 4.74 Å². The molecule has 11 heavy (non-hydrogen) atoms. The quantitative estimate of drug-likeness (QED) is 0.604. The van der Waals surface area contributed by atoms with E-state index in [-0.39, 0.29) is 5.97 Å². The number of esters is 1. The van der Waals surface area contributed by atoms with Gasteiger partial charge in [0.1, 0.15) is 0 Å².